The Hall–Kier alpha value is -1.22. The quantitative estimate of drug-likeness (QED) is 0.717. The topological polar surface area (TPSA) is 21.7 Å². The van der Waals surface area contributed by atoms with Gasteiger partial charge in [-0.15, -0.1) is 0 Å². The van der Waals surface area contributed by atoms with Gasteiger partial charge in [0.2, 0.25) is 0 Å². The van der Waals surface area contributed by atoms with Crippen molar-refractivity contribution < 1.29 is 9.47 Å². The first-order chi connectivity index (χ1) is 9.14. The molecular formula is C16H27NO2. The van der Waals surface area contributed by atoms with Crippen LogP contribution in [-0.4, -0.2) is 32.2 Å². The maximum Gasteiger partial charge on any atom is 0.161 e. The number of rotatable bonds is 8. The third-order valence-electron chi connectivity index (χ3n) is 3.57. The summed E-state index contributed by atoms with van der Waals surface area (Å²) in [6.07, 6.45) is 1.22. The SMILES string of the molecule is CCC(C)CN(CC)Cc1ccc(OC)c(OC)c1. The largest absolute Gasteiger partial charge is 0.493 e. The van der Waals surface area contributed by atoms with Crippen LogP contribution in [0.25, 0.3) is 0 Å². The molecular weight excluding hydrogens is 238 g/mol. The van der Waals surface area contributed by atoms with E-state index in [1.54, 1.807) is 14.2 Å². The highest BCUT2D eigenvalue weighted by atomic mass is 16.5. The predicted molar refractivity (Wildman–Crippen MR) is 80.0 cm³/mol. The van der Waals surface area contributed by atoms with Crippen molar-refractivity contribution in [3.8, 4) is 11.5 Å². The Kier molecular flexibility index (Phi) is 6.71. The Labute approximate surface area is 117 Å². The second kappa shape index (κ2) is 8.05. The molecule has 1 rings (SSSR count). The van der Waals surface area contributed by atoms with Crippen LogP contribution in [-0.2, 0) is 6.54 Å². The number of hydrogen-bond donors (Lipinski definition) is 0. The van der Waals surface area contributed by atoms with Crippen LogP contribution in [0.3, 0.4) is 0 Å². The molecule has 0 heterocycles. The molecule has 1 atom stereocenters. The van der Waals surface area contributed by atoms with Gasteiger partial charge in [0.05, 0.1) is 14.2 Å². The van der Waals surface area contributed by atoms with Crippen molar-refractivity contribution in [2.45, 2.75) is 33.7 Å². The maximum atomic E-state index is 5.35. The van der Waals surface area contributed by atoms with Gasteiger partial charge in [0.1, 0.15) is 0 Å². The molecule has 0 aliphatic heterocycles. The molecule has 1 aromatic carbocycles. The summed E-state index contributed by atoms with van der Waals surface area (Å²) in [6, 6.07) is 6.16. The van der Waals surface area contributed by atoms with Gasteiger partial charge < -0.3 is 9.47 Å². The van der Waals surface area contributed by atoms with Crippen molar-refractivity contribution in [3.05, 3.63) is 23.8 Å². The highest BCUT2D eigenvalue weighted by Crippen LogP contribution is 2.28. The van der Waals surface area contributed by atoms with Gasteiger partial charge in [-0.3, -0.25) is 4.90 Å². The molecule has 0 aromatic heterocycles. The highest BCUT2D eigenvalue weighted by Gasteiger charge is 2.10. The van der Waals surface area contributed by atoms with Crippen molar-refractivity contribution in [1.29, 1.82) is 0 Å². The van der Waals surface area contributed by atoms with Gasteiger partial charge in [0, 0.05) is 13.1 Å². The third kappa shape index (κ3) is 4.75. The molecule has 0 saturated carbocycles. The normalized spacial score (nSPS) is 12.5. The molecule has 3 heteroatoms. The van der Waals surface area contributed by atoms with Crippen molar-refractivity contribution >= 4 is 0 Å². The zero-order chi connectivity index (χ0) is 14.3. The van der Waals surface area contributed by atoms with Crippen LogP contribution in [0.2, 0.25) is 0 Å². The van der Waals surface area contributed by atoms with Gasteiger partial charge in [-0.1, -0.05) is 33.3 Å². The van der Waals surface area contributed by atoms with E-state index in [9.17, 15) is 0 Å². The average molecular weight is 265 g/mol. The second-order valence-corrected chi connectivity index (χ2v) is 5.03. The zero-order valence-electron chi connectivity index (χ0n) is 12.9. The Morgan fingerprint density at radius 2 is 1.79 bits per heavy atom. The molecule has 0 amide bonds. The fourth-order valence-corrected chi connectivity index (χ4v) is 2.11. The maximum absolute atomic E-state index is 5.35. The molecule has 108 valence electrons. The molecule has 0 spiro atoms. The standard InChI is InChI=1S/C16H27NO2/c1-6-13(3)11-17(7-2)12-14-8-9-15(18-4)16(10-14)19-5/h8-10,13H,6-7,11-12H2,1-5H3. The summed E-state index contributed by atoms with van der Waals surface area (Å²) in [4.78, 5) is 2.47. The number of nitrogens with zero attached hydrogens (tertiary/aromatic N) is 1. The van der Waals surface area contributed by atoms with Crippen LogP contribution in [0.15, 0.2) is 18.2 Å². The first-order valence-electron chi connectivity index (χ1n) is 7.07. The fraction of sp³-hybridized carbons (Fsp3) is 0.625. The molecule has 0 radical (unpaired) electrons. The summed E-state index contributed by atoms with van der Waals surface area (Å²) >= 11 is 0. The molecule has 3 nitrogen and oxygen atoms in total. The van der Waals surface area contributed by atoms with E-state index in [2.05, 4.69) is 37.8 Å². The Morgan fingerprint density at radius 1 is 1.11 bits per heavy atom. The van der Waals surface area contributed by atoms with Crippen molar-refractivity contribution in [2.24, 2.45) is 5.92 Å². The minimum atomic E-state index is 0.736. The van der Waals surface area contributed by atoms with E-state index in [1.165, 1.54) is 12.0 Å². The van der Waals surface area contributed by atoms with E-state index in [-0.39, 0.29) is 0 Å². The van der Waals surface area contributed by atoms with Gasteiger partial charge in [0.25, 0.3) is 0 Å². The number of benzene rings is 1. The van der Waals surface area contributed by atoms with Crippen LogP contribution in [0, 0.1) is 5.92 Å². The summed E-state index contributed by atoms with van der Waals surface area (Å²) in [5.74, 6) is 2.33. The molecule has 0 N–H and O–H groups in total. The fourth-order valence-electron chi connectivity index (χ4n) is 2.11. The lowest BCUT2D eigenvalue weighted by atomic mass is 10.1. The molecule has 0 aliphatic rings. The van der Waals surface area contributed by atoms with Gasteiger partial charge in [-0.05, 0) is 30.2 Å². The molecule has 19 heavy (non-hydrogen) atoms. The van der Waals surface area contributed by atoms with Crippen LogP contribution < -0.4 is 9.47 Å². The average Bonchev–Trinajstić information content (AvgIpc) is 2.45. The Morgan fingerprint density at radius 3 is 2.32 bits per heavy atom. The Balaban J connectivity index is 2.74. The number of hydrogen-bond acceptors (Lipinski definition) is 3. The molecule has 0 bridgehead atoms. The third-order valence-corrected chi connectivity index (χ3v) is 3.57. The molecule has 0 fully saturated rings. The Bertz CT molecular complexity index is 379. The number of ether oxygens (including phenoxy) is 2. The van der Waals surface area contributed by atoms with Crippen molar-refractivity contribution in [3.63, 3.8) is 0 Å². The van der Waals surface area contributed by atoms with Crippen LogP contribution >= 0.6 is 0 Å². The van der Waals surface area contributed by atoms with Gasteiger partial charge in [0.15, 0.2) is 11.5 Å². The monoisotopic (exact) mass is 265 g/mol. The minimum absolute atomic E-state index is 0.736. The smallest absolute Gasteiger partial charge is 0.161 e. The van der Waals surface area contributed by atoms with Crippen LogP contribution in [0.4, 0.5) is 0 Å². The lowest BCUT2D eigenvalue weighted by Gasteiger charge is -2.24. The lowest BCUT2D eigenvalue weighted by Crippen LogP contribution is -2.27. The highest BCUT2D eigenvalue weighted by molar-refractivity contribution is 5.42. The van der Waals surface area contributed by atoms with E-state index >= 15 is 0 Å². The summed E-state index contributed by atoms with van der Waals surface area (Å²) in [5, 5.41) is 0. The zero-order valence-corrected chi connectivity index (χ0v) is 12.9. The van der Waals surface area contributed by atoms with E-state index in [1.807, 2.05) is 6.07 Å². The van der Waals surface area contributed by atoms with Gasteiger partial charge in [-0.2, -0.15) is 0 Å². The van der Waals surface area contributed by atoms with Crippen LogP contribution in [0.5, 0.6) is 11.5 Å². The summed E-state index contributed by atoms with van der Waals surface area (Å²) in [7, 11) is 3.34. The molecule has 1 aromatic rings. The molecule has 1 unspecified atom stereocenters. The van der Waals surface area contributed by atoms with E-state index in [0.717, 1.165) is 37.1 Å². The second-order valence-electron chi connectivity index (χ2n) is 5.03. The van der Waals surface area contributed by atoms with Crippen molar-refractivity contribution in [2.75, 3.05) is 27.3 Å². The van der Waals surface area contributed by atoms with E-state index in [4.69, 9.17) is 9.47 Å². The molecule has 0 saturated heterocycles. The number of methoxy groups -OCH3 is 2. The van der Waals surface area contributed by atoms with Crippen LogP contribution in [0.1, 0.15) is 32.8 Å². The minimum Gasteiger partial charge on any atom is -0.493 e. The first-order valence-corrected chi connectivity index (χ1v) is 7.07. The van der Waals surface area contributed by atoms with Gasteiger partial charge >= 0.3 is 0 Å². The van der Waals surface area contributed by atoms with E-state index < -0.39 is 0 Å². The van der Waals surface area contributed by atoms with Gasteiger partial charge in [-0.25, -0.2) is 0 Å². The molecule has 0 aliphatic carbocycles. The van der Waals surface area contributed by atoms with Crippen molar-refractivity contribution in [1.82, 2.24) is 4.90 Å². The lowest BCUT2D eigenvalue weighted by molar-refractivity contribution is 0.237. The van der Waals surface area contributed by atoms with E-state index in [0.29, 0.717) is 0 Å². The summed E-state index contributed by atoms with van der Waals surface area (Å²) < 4.78 is 10.6. The summed E-state index contributed by atoms with van der Waals surface area (Å²) in [5.41, 5.74) is 1.27. The summed E-state index contributed by atoms with van der Waals surface area (Å²) in [6.45, 7) is 9.93. The first kappa shape index (κ1) is 15.8. The predicted octanol–water partition coefficient (Wildman–Crippen LogP) is 3.57.